The van der Waals surface area contributed by atoms with E-state index in [1.165, 1.54) is 12.1 Å². The first-order valence-corrected chi connectivity index (χ1v) is 7.54. The van der Waals surface area contributed by atoms with Crippen molar-refractivity contribution in [1.82, 2.24) is 0 Å². The molecular formula is C16H18FNOS. The molecule has 0 aliphatic heterocycles. The molecule has 0 spiro atoms. The van der Waals surface area contributed by atoms with Crippen LogP contribution in [0.15, 0.2) is 53.4 Å². The van der Waals surface area contributed by atoms with Gasteiger partial charge in [0.25, 0.3) is 0 Å². The van der Waals surface area contributed by atoms with Crippen molar-refractivity contribution in [3.63, 3.8) is 0 Å². The monoisotopic (exact) mass is 291 g/mol. The zero-order valence-electron chi connectivity index (χ0n) is 11.4. The van der Waals surface area contributed by atoms with Crippen LogP contribution < -0.4 is 10.5 Å². The van der Waals surface area contributed by atoms with Crippen molar-refractivity contribution in [3.05, 3.63) is 59.9 Å². The van der Waals surface area contributed by atoms with Crippen molar-refractivity contribution in [2.45, 2.75) is 17.9 Å². The summed E-state index contributed by atoms with van der Waals surface area (Å²) in [6.07, 6.45) is 0. The molecule has 0 saturated heterocycles. The maximum absolute atomic E-state index is 13.1. The lowest BCUT2D eigenvalue weighted by atomic mass is 10.1. The van der Waals surface area contributed by atoms with Crippen molar-refractivity contribution in [1.29, 1.82) is 0 Å². The Morgan fingerprint density at radius 2 is 2.00 bits per heavy atom. The summed E-state index contributed by atoms with van der Waals surface area (Å²) < 4.78 is 18.6. The Labute approximate surface area is 123 Å². The van der Waals surface area contributed by atoms with Crippen LogP contribution in [0.25, 0.3) is 0 Å². The van der Waals surface area contributed by atoms with E-state index in [0.29, 0.717) is 12.4 Å². The van der Waals surface area contributed by atoms with Crippen LogP contribution >= 0.6 is 11.8 Å². The van der Waals surface area contributed by atoms with Crippen LogP contribution in [0.4, 0.5) is 4.39 Å². The molecule has 0 aromatic heterocycles. The second-order valence-corrected chi connectivity index (χ2v) is 5.47. The van der Waals surface area contributed by atoms with Gasteiger partial charge in [0.1, 0.15) is 11.6 Å². The molecule has 0 fully saturated rings. The topological polar surface area (TPSA) is 35.2 Å². The minimum Gasteiger partial charge on any atom is -0.494 e. The van der Waals surface area contributed by atoms with E-state index in [1.54, 1.807) is 17.8 Å². The van der Waals surface area contributed by atoms with Crippen molar-refractivity contribution in [2.75, 3.05) is 12.4 Å². The highest BCUT2D eigenvalue weighted by atomic mass is 32.2. The smallest absolute Gasteiger partial charge is 0.124 e. The number of thioether (sulfide) groups is 1. The average Bonchev–Trinajstić information content (AvgIpc) is 2.45. The molecule has 0 saturated carbocycles. The van der Waals surface area contributed by atoms with Crippen LogP contribution in [0, 0.1) is 5.82 Å². The summed E-state index contributed by atoms with van der Waals surface area (Å²) in [4.78, 5) is 0.890. The molecule has 2 nitrogen and oxygen atoms in total. The Morgan fingerprint density at radius 1 is 1.20 bits per heavy atom. The van der Waals surface area contributed by atoms with Crippen molar-refractivity contribution >= 4 is 11.8 Å². The first kappa shape index (κ1) is 14.9. The van der Waals surface area contributed by atoms with Gasteiger partial charge in [-0.25, -0.2) is 4.39 Å². The van der Waals surface area contributed by atoms with Gasteiger partial charge in [0.2, 0.25) is 0 Å². The molecule has 2 aromatic carbocycles. The predicted octanol–water partition coefficient (Wildman–Crippen LogP) is 4.02. The zero-order valence-corrected chi connectivity index (χ0v) is 12.2. The van der Waals surface area contributed by atoms with E-state index in [-0.39, 0.29) is 11.9 Å². The van der Waals surface area contributed by atoms with Crippen molar-refractivity contribution in [3.8, 4) is 5.75 Å². The molecule has 0 heterocycles. The summed E-state index contributed by atoms with van der Waals surface area (Å²) >= 11 is 1.55. The van der Waals surface area contributed by atoms with Gasteiger partial charge in [-0.15, -0.1) is 11.8 Å². The molecule has 0 aliphatic carbocycles. The van der Waals surface area contributed by atoms with Crippen LogP contribution in [0.3, 0.4) is 0 Å². The second-order valence-electron chi connectivity index (χ2n) is 4.38. The van der Waals surface area contributed by atoms with Crippen LogP contribution in [-0.2, 0) is 0 Å². The minimum atomic E-state index is -0.220. The summed E-state index contributed by atoms with van der Waals surface area (Å²) in [6, 6.07) is 14.2. The second kappa shape index (κ2) is 7.31. The molecule has 1 unspecified atom stereocenters. The third kappa shape index (κ3) is 4.25. The van der Waals surface area contributed by atoms with Crippen LogP contribution in [-0.4, -0.2) is 12.4 Å². The largest absolute Gasteiger partial charge is 0.494 e. The summed E-state index contributed by atoms with van der Waals surface area (Å²) in [7, 11) is 0. The molecule has 0 aliphatic rings. The van der Waals surface area contributed by atoms with Gasteiger partial charge < -0.3 is 10.5 Å². The number of ether oxygens (including phenoxy) is 1. The number of hydrogen-bond acceptors (Lipinski definition) is 3. The highest BCUT2D eigenvalue weighted by molar-refractivity contribution is 7.99. The summed E-state index contributed by atoms with van der Waals surface area (Å²) in [6.45, 7) is 2.59. The molecule has 2 rings (SSSR count). The molecule has 4 heteroatoms. The van der Waals surface area contributed by atoms with Crippen molar-refractivity contribution in [2.24, 2.45) is 5.73 Å². The minimum absolute atomic E-state index is 0.108. The third-order valence-electron chi connectivity index (χ3n) is 2.82. The third-order valence-corrected chi connectivity index (χ3v) is 3.94. The Kier molecular flexibility index (Phi) is 5.44. The van der Waals surface area contributed by atoms with E-state index < -0.39 is 0 Å². The molecule has 1 atom stereocenters. The fraction of sp³-hybridized carbons (Fsp3) is 0.250. The van der Waals surface area contributed by atoms with Gasteiger partial charge in [0.15, 0.2) is 0 Å². The van der Waals surface area contributed by atoms with Gasteiger partial charge in [-0.1, -0.05) is 18.2 Å². The van der Waals surface area contributed by atoms with Gasteiger partial charge >= 0.3 is 0 Å². The van der Waals surface area contributed by atoms with E-state index in [4.69, 9.17) is 10.5 Å². The Bertz CT molecular complexity index is 562. The van der Waals surface area contributed by atoms with E-state index in [0.717, 1.165) is 16.2 Å². The summed E-state index contributed by atoms with van der Waals surface area (Å²) in [5.41, 5.74) is 7.20. The first-order valence-electron chi connectivity index (χ1n) is 6.55. The number of benzene rings is 2. The predicted molar refractivity (Wildman–Crippen MR) is 81.7 cm³/mol. The first-order chi connectivity index (χ1) is 9.69. The van der Waals surface area contributed by atoms with Gasteiger partial charge in [0, 0.05) is 16.7 Å². The Hall–Kier alpha value is -1.52. The molecule has 0 amide bonds. The maximum Gasteiger partial charge on any atom is 0.124 e. The van der Waals surface area contributed by atoms with Gasteiger partial charge in [-0.3, -0.25) is 0 Å². The molecule has 2 aromatic rings. The molecule has 20 heavy (non-hydrogen) atoms. The van der Waals surface area contributed by atoms with Crippen molar-refractivity contribution < 1.29 is 9.13 Å². The molecule has 0 bridgehead atoms. The SMILES string of the molecule is CCOc1cccc(C(N)CSc2cccc(F)c2)c1. The Balaban J connectivity index is 1.97. The summed E-state index contributed by atoms with van der Waals surface area (Å²) in [5, 5.41) is 0. The van der Waals surface area contributed by atoms with E-state index in [1.807, 2.05) is 37.3 Å². The number of hydrogen-bond donors (Lipinski definition) is 1. The lowest BCUT2D eigenvalue weighted by Gasteiger charge is -2.13. The van der Waals surface area contributed by atoms with E-state index in [2.05, 4.69) is 0 Å². The van der Waals surface area contributed by atoms with Crippen LogP contribution in [0.5, 0.6) is 5.75 Å². The van der Waals surface area contributed by atoms with E-state index >= 15 is 0 Å². The normalized spacial score (nSPS) is 12.2. The highest BCUT2D eigenvalue weighted by Crippen LogP contribution is 2.25. The standard InChI is InChI=1S/C16H18FNOS/c1-2-19-14-7-3-5-12(9-14)16(18)11-20-15-8-4-6-13(17)10-15/h3-10,16H,2,11,18H2,1H3. The van der Waals surface area contributed by atoms with Crippen LogP contribution in [0.2, 0.25) is 0 Å². The zero-order chi connectivity index (χ0) is 14.4. The summed E-state index contributed by atoms with van der Waals surface area (Å²) in [5.74, 6) is 1.30. The number of halogens is 1. The fourth-order valence-corrected chi connectivity index (χ4v) is 2.78. The molecular weight excluding hydrogens is 273 g/mol. The Morgan fingerprint density at radius 3 is 2.75 bits per heavy atom. The van der Waals surface area contributed by atoms with Gasteiger partial charge in [0.05, 0.1) is 6.61 Å². The lowest BCUT2D eigenvalue weighted by molar-refractivity contribution is 0.339. The number of rotatable bonds is 6. The fourth-order valence-electron chi connectivity index (χ4n) is 1.84. The lowest BCUT2D eigenvalue weighted by Crippen LogP contribution is -2.13. The maximum atomic E-state index is 13.1. The van der Waals surface area contributed by atoms with E-state index in [9.17, 15) is 4.39 Å². The van der Waals surface area contributed by atoms with Gasteiger partial charge in [-0.05, 0) is 42.8 Å². The average molecular weight is 291 g/mol. The highest BCUT2D eigenvalue weighted by Gasteiger charge is 2.08. The molecule has 2 N–H and O–H groups in total. The molecule has 106 valence electrons. The van der Waals surface area contributed by atoms with Crippen LogP contribution in [0.1, 0.15) is 18.5 Å². The number of nitrogens with two attached hydrogens (primary N) is 1. The van der Waals surface area contributed by atoms with Gasteiger partial charge in [-0.2, -0.15) is 0 Å². The molecule has 0 radical (unpaired) electrons. The quantitative estimate of drug-likeness (QED) is 0.817.